The summed E-state index contributed by atoms with van der Waals surface area (Å²) in [5.41, 5.74) is 4.15. The summed E-state index contributed by atoms with van der Waals surface area (Å²) in [6.45, 7) is 0.332. The number of nitrogens with zero attached hydrogens (tertiary/aromatic N) is 3. The zero-order chi connectivity index (χ0) is 22.2. The van der Waals surface area contributed by atoms with E-state index in [-0.39, 0.29) is 11.8 Å². The predicted octanol–water partition coefficient (Wildman–Crippen LogP) is 3.80. The molecule has 0 unspecified atom stereocenters. The lowest BCUT2D eigenvalue weighted by atomic mass is 9.79. The van der Waals surface area contributed by atoms with Crippen molar-refractivity contribution in [2.24, 2.45) is 7.05 Å². The van der Waals surface area contributed by atoms with Gasteiger partial charge in [0.25, 0.3) is 5.91 Å². The van der Waals surface area contributed by atoms with Gasteiger partial charge in [0.15, 0.2) is 0 Å². The van der Waals surface area contributed by atoms with Gasteiger partial charge in [0.1, 0.15) is 0 Å². The number of carbonyl (C=O) groups excluding carboxylic acids is 2. The highest BCUT2D eigenvalue weighted by molar-refractivity contribution is 6.02. The average molecular weight is 425 g/mol. The summed E-state index contributed by atoms with van der Waals surface area (Å²) < 4.78 is 2.05. The Bertz CT molecular complexity index is 1310. The number of benzene rings is 2. The molecule has 1 aliphatic heterocycles. The normalized spacial score (nSPS) is 17.9. The predicted molar refractivity (Wildman–Crippen MR) is 123 cm³/mol. The van der Waals surface area contributed by atoms with E-state index in [0.29, 0.717) is 12.1 Å². The summed E-state index contributed by atoms with van der Waals surface area (Å²) in [5.74, 6) is -0.740. The van der Waals surface area contributed by atoms with E-state index in [0.717, 1.165) is 27.7 Å². The number of amides is 2. The van der Waals surface area contributed by atoms with Gasteiger partial charge >= 0.3 is 0 Å². The standard InChI is InChI=1S/C26H24N4O2/c1-29-16-21(18-10-5-6-13-22(18)29)24-23(25(31)28-15-17-9-7-8-14-27-17)19-11-3-4-12-20(19)26(32)30(24)2/h3-14,16,23-24H,15H2,1-2H3,(H,28,31)/t23-,24+/m1/s1. The van der Waals surface area contributed by atoms with Crippen molar-refractivity contribution in [1.29, 1.82) is 0 Å². The molecule has 2 aromatic heterocycles. The number of para-hydroxylation sites is 1. The summed E-state index contributed by atoms with van der Waals surface area (Å²) >= 11 is 0. The Hall–Kier alpha value is -3.93. The second-order valence-corrected chi connectivity index (χ2v) is 8.18. The van der Waals surface area contributed by atoms with Crippen LogP contribution in [-0.2, 0) is 18.4 Å². The first-order valence-electron chi connectivity index (χ1n) is 10.6. The van der Waals surface area contributed by atoms with Gasteiger partial charge in [-0.2, -0.15) is 0 Å². The topological polar surface area (TPSA) is 67.2 Å². The van der Waals surface area contributed by atoms with Crippen LogP contribution < -0.4 is 5.32 Å². The highest BCUT2D eigenvalue weighted by Crippen LogP contribution is 2.44. The van der Waals surface area contributed by atoms with Crippen LogP contribution in [0.2, 0.25) is 0 Å². The maximum Gasteiger partial charge on any atom is 0.254 e. The molecule has 0 saturated carbocycles. The minimum absolute atomic E-state index is 0.0766. The summed E-state index contributed by atoms with van der Waals surface area (Å²) in [7, 11) is 3.77. The minimum atomic E-state index is -0.539. The van der Waals surface area contributed by atoms with E-state index in [2.05, 4.69) is 10.3 Å². The number of carbonyl (C=O) groups is 2. The fourth-order valence-electron chi connectivity index (χ4n) is 4.74. The molecule has 6 nitrogen and oxygen atoms in total. The molecule has 0 radical (unpaired) electrons. The van der Waals surface area contributed by atoms with Crippen LogP contribution in [0.3, 0.4) is 0 Å². The van der Waals surface area contributed by atoms with Gasteiger partial charge in [-0.15, -0.1) is 0 Å². The van der Waals surface area contributed by atoms with Crippen molar-refractivity contribution in [2.45, 2.75) is 18.5 Å². The van der Waals surface area contributed by atoms with Crippen molar-refractivity contribution in [3.8, 4) is 0 Å². The van der Waals surface area contributed by atoms with Crippen LogP contribution in [-0.4, -0.2) is 33.3 Å². The van der Waals surface area contributed by atoms with Crippen molar-refractivity contribution in [3.63, 3.8) is 0 Å². The van der Waals surface area contributed by atoms with Crippen molar-refractivity contribution in [3.05, 3.63) is 102 Å². The molecule has 0 saturated heterocycles. The molecule has 1 aliphatic rings. The third kappa shape index (κ3) is 3.24. The summed E-state index contributed by atoms with van der Waals surface area (Å²) in [6, 6.07) is 20.7. The number of rotatable bonds is 4. The molecule has 5 rings (SSSR count). The van der Waals surface area contributed by atoms with E-state index < -0.39 is 12.0 Å². The largest absolute Gasteiger partial charge is 0.350 e. The summed E-state index contributed by atoms with van der Waals surface area (Å²) in [5, 5.41) is 4.10. The van der Waals surface area contributed by atoms with Gasteiger partial charge in [-0.1, -0.05) is 42.5 Å². The van der Waals surface area contributed by atoms with E-state index in [1.807, 2.05) is 78.5 Å². The minimum Gasteiger partial charge on any atom is -0.350 e. The Morgan fingerprint density at radius 2 is 1.72 bits per heavy atom. The van der Waals surface area contributed by atoms with E-state index in [4.69, 9.17) is 0 Å². The van der Waals surface area contributed by atoms with Crippen LogP contribution in [0.4, 0.5) is 0 Å². The Morgan fingerprint density at radius 3 is 2.53 bits per heavy atom. The van der Waals surface area contributed by atoms with Gasteiger partial charge < -0.3 is 14.8 Å². The number of likely N-dealkylation sites (N-methyl/N-ethyl adjacent to an activating group) is 1. The van der Waals surface area contributed by atoms with E-state index in [1.54, 1.807) is 24.2 Å². The maximum absolute atomic E-state index is 13.6. The molecule has 2 aromatic carbocycles. The van der Waals surface area contributed by atoms with Gasteiger partial charge in [-0.25, -0.2) is 0 Å². The second-order valence-electron chi connectivity index (χ2n) is 8.18. The molecule has 160 valence electrons. The smallest absolute Gasteiger partial charge is 0.254 e. The molecule has 0 aliphatic carbocycles. The van der Waals surface area contributed by atoms with E-state index in [9.17, 15) is 9.59 Å². The number of nitrogens with one attached hydrogen (secondary N) is 1. The molecule has 0 bridgehead atoms. The van der Waals surface area contributed by atoms with Gasteiger partial charge in [-0.3, -0.25) is 14.6 Å². The Balaban J connectivity index is 1.61. The molecule has 6 heteroatoms. The number of aryl methyl sites for hydroxylation is 1. The zero-order valence-electron chi connectivity index (χ0n) is 18.0. The summed E-state index contributed by atoms with van der Waals surface area (Å²) in [4.78, 5) is 32.9. The number of hydrogen-bond acceptors (Lipinski definition) is 3. The van der Waals surface area contributed by atoms with Crippen LogP contribution >= 0.6 is 0 Å². The average Bonchev–Trinajstić information content (AvgIpc) is 3.16. The lowest BCUT2D eigenvalue weighted by molar-refractivity contribution is -0.124. The molecule has 3 heterocycles. The number of pyridine rings is 1. The van der Waals surface area contributed by atoms with Crippen molar-refractivity contribution in [2.75, 3.05) is 7.05 Å². The first-order chi connectivity index (χ1) is 15.6. The van der Waals surface area contributed by atoms with Crippen molar-refractivity contribution < 1.29 is 9.59 Å². The third-order valence-corrected chi connectivity index (χ3v) is 6.28. The lowest BCUT2D eigenvalue weighted by Gasteiger charge is -2.39. The molecule has 4 aromatic rings. The number of hydrogen-bond donors (Lipinski definition) is 1. The van der Waals surface area contributed by atoms with E-state index >= 15 is 0 Å². The summed E-state index contributed by atoms with van der Waals surface area (Å²) in [6.07, 6.45) is 3.74. The zero-order valence-corrected chi connectivity index (χ0v) is 18.0. The maximum atomic E-state index is 13.6. The fraction of sp³-hybridized carbons (Fsp3) is 0.192. The van der Waals surface area contributed by atoms with Gasteiger partial charge in [-0.05, 0) is 29.8 Å². The molecule has 32 heavy (non-hydrogen) atoms. The number of aromatic nitrogens is 2. The molecular weight excluding hydrogens is 400 g/mol. The van der Waals surface area contributed by atoms with Gasteiger partial charge in [0.05, 0.1) is 24.2 Å². The van der Waals surface area contributed by atoms with Crippen LogP contribution in [0.25, 0.3) is 10.9 Å². The molecule has 1 N–H and O–H groups in total. The molecule has 2 amide bonds. The molecule has 0 spiro atoms. The van der Waals surface area contributed by atoms with Crippen LogP contribution in [0.1, 0.15) is 39.1 Å². The molecule has 2 atom stereocenters. The third-order valence-electron chi connectivity index (χ3n) is 6.28. The SMILES string of the molecule is CN1C(=O)c2ccccc2[C@@H](C(=O)NCc2ccccn2)[C@@H]1c1cn(C)c2ccccc12. The second kappa shape index (κ2) is 7.96. The van der Waals surface area contributed by atoms with Gasteiger partial charge in [0.2, 0.25) is 5.91 Å². The first-order valence-corrected chi connectivity index (χ1v) is 10.6. The van der Waals surface area contributed by atoms with Crippen molar-refractivity contribution in [1.82, 2.24) is 19.8 Å². The first kappa shape index (κ1) is 20.0. The fourth-order valence-corrected chi connectivity index (χ4v) is 4.74. The van der Waals surface area contributed by atoms with E-state index in [1.165, 1.54) is 0 Å². The van der Waals surface area contributed by atoms with Gasteiger partial charge in [0, 0.05) is 48.5 Å². The Morgan fingerprint density at radius 1 is 0.969 bits per heavy atom. The highest BCUT2D eigenvalue weighted by Gasteiger charge is 2.43. The van der Waals surface area contributed by atoms with Crippen LogP contribution in [0.5, 0.6) is 0 Å². The Kier molecular flexibility index (Phi) is 4.98. The van der Waals surface area contributed by atoms with Crippen LogP contribution in [0, 0.1) is 0 Å². The number of fused-ring (bicyclic) bond motifs is 2. The molecule has 0 fully saturated rings. The quantitative estimate of drug-likeness (QED) is 0.542. The molecular formula is C26H24N4O2. The van der Waals surface area contributed by atoms with Crippen LogP contribution in [0.15, 0.2) is 79.1 Å². The Labute approximate surface area is 186 Å². The highest BCUT2D eigenvalue weighted by atomic mass is 16.2. The monoisotopic (exact) mass is 424 g/mol. The van der Waals surface area contributed by atoms with Crippen molar-refractivity contribution >= 4 is 22.7 Å². The lowest BCUT2D eigenvalue weighted by Crippen LogP contribution is -2.45.